The van der Waals surface area contributed by atoms with Gasteiger partial charge in [-0.15, -0.1) is 0 Å². The fraction of sp³-hybridized carbons (Fsp3) is 0.0500. The lowest BCUT2D eigenvalue weighted by atomic mass is 10.0. The van der Waals surface area contributed by atoms with E-state index in [2.05, 4.69) is 16.0 Å². The van der Waals surface area contributed by atoms with Gasteiger partial charge in [0.1, 0.15) is 5.82 Å². The van der Waals surface area contributed by atoms with Crippen LogP contribution in [-0.2, 0) is 11.3 Å². The molecule has 7 heteroatoms. The van der Waals surface area contributed by atoms with Crippen molar-refractivity contribution in [2.45, 2.75) is 6.54 Å². The van der Waals surface area contributed by atoms with Crippen LogP contribution in [0.1, 0.15) is 11.1 Å². The summed E-state index contributed by atoms with van der Waals surface area (Å²) in [7, 11) is 0. The third-order valence-corrected chi connectivity index (χ3v) is 3.72. The Balaban J connectivity index is 0.000000817. The van der Waals surface area contributed by atoms with Gasteiger partial charge in [0, 0.05) is 41.5 Å². The van der Waals surface area contributed by atoms with Gasteiger partial charge >= 0.3 is 0 Å². The van der Waals surface area contributed by atoms with Crippen LogP contribution >= 0.6 is 0 Å². The summed E-state index contributed by atoms with van der Waals surface area (Å²) in [5, 5.41) is 10.9. The maximum atomic E-state index is 13.2. The number of para-hydroxylation sites is 1. The molecule has 6 N–H and O–H groups in total. The molecule has 2 aromatic carbocycles. The first kappa shape index (κ1) is 19.6. The van der Waals surface area contributed by atoms with Gasteiger partial charge in [0.2, 0.25) is 6.41 Å². The highest BCUT2D eigenvalue weighted by Gasteiger charge is 2.06. The summed E-state index contributed by atoms with van der Waals surface area (Å²) in [5.41, 5.74) is 15.0. The summed E-state index contributed by atoms with van der Waals surface area (Å²) in [6.07, 6.45) is 4.32. The highest BCUT2D eigenvalue weighted by Crippen LogP contribution is 2.28. The molecule has 3 aromatic rings. The Morgan fingerprint density at radius 1 is 1.15 bits per heavy atom. The number of rotatable bonds is 5. The molecule has 0 saturated heterocycles. The molecule has 0 radical (unpaired) electrons. The van der Waals surface area contributed by atoms with Crippen molar-refractivity contribution in [3.8, 4) is 11.1 Å². The molecule has 0 spiro atoms. The molecular weight excluding hydrogens is 345 g/mol. The molecule has 0 saturated carbocycles. The quantitative estimate of drug-likeness (QED) is 0.315. The summed E-state index contributed by atoms with van der Waals surface area (Å²) in [6.45, 7) is 0.429. The van der Waals surface area contributed by atoms with E-state index in [9.17, 15) is 4.39 Å². The maximum Gasteiger partial charge on any atom is 0.204 e. The number of aromatic nitrogens is 1. The Bertz CT molecular complexity index is 930. The van der Waals surface area contributed by atoms with Gasteiger partial charge in [0.25, 0.3) is 0 Å². The van der Waals surface area contributed by atoms with Crippen LogP contribution in [0.3, 0.4) is 0 Å². The van der Waals surface area contributed by atoms with Crippen LogP contribution in [0.5, 0.6) is 0 Å². The number of nitrogen functional groups attached to an aromatic ring is 1. The molecule has 0 atom stereocenters. The third kappa shape index (κ3) is 5.37. The zero-order valence-electron chi connectivity index (χ0n) is 14.5. The Labute approximate surface area is 156 Å². The Morgan fingerprint density at radius 3 is 2.56 bits per heavy atom. The number of nitrogens with zero attached hydrogens (tertiary/aromatic N) is 1. The number of hydrogen-bond donors (Lipinski definition) is 4. The number of amides is 1. The van der Waals surface area contributed by atoms with Crippen LogP contribution in [-0.4, -0.2) is 17.6 Å². The minimum Gasteiger partial charge on any atom is -0.398 e. The fourth-order valence-corrected chi connectivity index (χ4v) is 2.52. The van der Waals surface area contributed by atoms with Crippen LogP contribution in [0.4, 0.5) is 15.8 Å². The zero-order chi connectivity index (χ0) is 19.6. The average Bonchev–Trinajstić information content (AvgIpc) is 2.67. The summed E-state index contributed by atoms with van der Waals surface area (Å²) in [6, 6.07) is 14.8. The second-order valence-corrected chi connectivity index (χ2v) is 5.53. The number of carbonyl (C=O) groups is 1. The number of primary amides is 1. The highest BCUT2D eigenvalue weighted by atomic mass is 19.1. The Hall–Kier alpha value is -3.74. The smallest absolute Gasteiger partial charge is 0.204 e. The van der Waals surface area contributed by atoms with Crippen molar-refractivity contribution in [2.75, 3.05) is 11.1 Å². The molecule has 0 aliphatic rings. The topological polar surface area (TPSA) is 118 Å². The fourth-order valence-electron chi connectivity index (χ4n) is 2.52. The predicted octanol–water partition coefficient (Wildman–Crippen LogP) is 3.18. The first-order valence-corrected chi connectivity index (χ1v) is 8.07. The summed E-state index contributed by atoms with van der Waals surface area (Å²) in [4.78, 5) is 12.4. The van der Waals surface area contributed by atoms with Crippen LogP contribution in [0, 0.1) is 11.2 Å². The molecule has 0 bridgehead atoms. The van der Waals surface area contributed by atoms with Crippen molar-refractivity contribution in [2.24, 2.45) is 5.73 Å². The SMILES string of the molecule is N=Cc1cc(-c2ccccc2N)ccc1NCc1cncc(F)c1.NC=O. The van der Waals surface area contributed by atoms with Gasteiger partial charge in [-0.1, -0.05) is 24.3 Å². The number of carbonyl (C=O) groups excluding carboxylic acids is 1. The summed E-state index contributed by atoms with van der Waals surface area (Å²) >= 11 is 0. The van der Waals surface area contributed by atoms with Crippen molar-refractivity contribution < 1.29 is 9.18 Å². The van der Waals surface area contributed by atoms with Crippen molar-refractivity contribution >= 4 is 24.0 Å². The van der Waals surface area contributed by atoms with Gasteiger partial charge in [-0.3, -0.25) is 9.78 Å². The first-order chi connectivity index (χ1) is 13.1. The molecule has 0 fully saturated rings. The Morgan fingerprint density at radius 2 is 1.89 bits per heavy atom. The van der Waals surface area contributed by atoms with Gasteiger partial charge in [-0.05, 0) is 35.4 Å². The molecule has 1 heterocycles. The van der Waals surface area contributed by atoms with Crippen molar-refractivity contribution in [1.29, 1.82) is 5.41 Å². The molecule has 0 aliphatic heterocycles. The molecule has 3 rings (SSSR count). The van der Waals surface area contributed by atoms with E-state index in [4.69, 9.17) is 15.9 Å². The van der Waals surface area contributed by atoms with Crippen molar-refractivity contribution in [3.05, 3.63) is 77.9 Å². The number of halogens is 1. The second kappa shape index (κ2) is 9.67. The molecule has 27 heavy (non-hydrogen) atoms. The molecule has 6 nitrogen and oxygen atoms in total. The van der Waals surface area contributed by atoms with E-state index in [0.717, 1.165) is 27.9 Å². The summed E-state index contributed by atoms with van der Waals surface area (Å²) in [5.74, 6) is -0.364. The minimum absolute atomic E-state index is 0.250. The number of benzene rings is 2. The van der Waals surface area contributed by atoms with E-state index >= 15 is 0 Å². The number of nitrogens with one attached hydrogen (secondary N) is 2. The van der Waals surface area contributed by atoms with E-state index in [1.54, 1.807) is 6.20 Å². The summed E-state index contributed by atoms with van der Waals surface area (Å²) < 4.78 is 13.2. The molecule has 138 valence electrons. The normalized spacial score (nSPS) is 9.67. The van der Waals surface area contributed by atoms with Crippen molar-refractivity contribution in [1.82, 2.24) is 4.98 Å². The lowest BCUT2D eigenvalue weighted by molar-refractivity contribution is -0.106. The van der Waals surface area contributed by atoms with Crippen LogP contribution < -0.4 is 16.8 Å². The predicted molar refractivity (Wildman–Crippen MR) is 106 cm³/mol. The van der Waals surface area contributed by atoms with E-state index in [1.165, 1.54) is 18.5 Å². The van der Waals surface area contributed by atoms with Crippen LogP contribution in [0.25, 0.3) is 11.1 Å². The lowest BCUT2D eigenvalue weighted by Crippen LogP contribution is -2.03. The monoisotopic (exact) mass is 365 g/mol. The van der Waals surface area contributed by atoms with Gasteiger partial charge in [-0.2, -0.15) is 0 Å². The Kier molecular flexibility index (Phi) is 7.01. The largest absolute Gasteiger partial charge is 0.398 e. The third-order valence-electron chi connectivity index (χ3n) is 3.72. The maximum absolute atomic E-state index is 13.2. The second-order valence-electron chi connectivity index (χ2n) is 5.53. The van der Waals surface area contributed by atoms with Gasteiger partial charge in [-0.25, -0.2) is 4.39 Å². The minimum atomic E-state index is -0.364. The molecule has 1 aromatic heterocycles. The zero-order valence-corrected chi connectivity index (χ0v) is 14.5. The molecule has 0 unspecified atom stereocenters. The van der Waals surface area contributed by atoms with Gasteiger partial charge in [0.05, 0.1) is 6.20 Å². The first-order valence-electron chi connectivity index (χ1n) is 8.07. The molecule has 0 aliphatic carbocycles. The van der Waals surface area contributed by atoms with E-state index in [1.807, 2.05) is 42.5 Å². The lowest BCUT2D eigenvalue weighted by Gasteiger charge is -2.12. The standard InChI is InChI=1S/C19H17FN4.CH3NO/c20-16-7-13(10-23-12-16)11-24-19-6-5-14(8-15(19)9-21)17-3-1-2-4-18(17)22;2-1-3/h1-10,12,21,24H,11,22H2;1H,(H2,2,3). The number of anilines is 2. The van der Waals surface area contributed by atoms with Crippen molar-refractivity contribution in [3.63, 3.8) is 0 Å². The van der Waals surface area contributed by atoms with Crippen LogP contribution in [0.2, 0.25) is 0 Å². The highest BCUT2D eigenvalue weighted by molar-refractivity contribution is 5.90. The van der Waals surface area contributed by atoms with E-state index < -0.39 is 0 Å². The van der Waals surface area contributed by atoms with Gasteiger partial charge in [0.15, 0.2) is 0 Å². The molecule has 1 amide bonds. The van der Waals surface area contributed by atoms with E-state index in [0.29, 0.717) is 12.2 Å². The molecular formula is C20H20FN5O. The number of pyridine rings is 1. The van der Waals surface area contributed by atoms with E-state index in [-0.39, 0.29) is 12.2 Å². The van der Waals surface area contributed by atoms with Crippen LogP contribution in [0.15, 0.2) is 60.9 Å². The number of nitrogens with two attached hydrogens (primary N) is 2. The van der Waals surface area contributed by atoms with Gasteiger partial charge < -0.3 is 22.2 Å². The number of hydrogen-bond acceptors (Lipinski definition) is 5. The average molecular weight is 365 g/mol.